The highest BCUT2D eigenvalue weighted by molar-refractivity contribution is 5.84. The minimum Gasteiger partial charge on any atom is -0.374 e. The van der Waals surface area contributed by atoms with Gasteiger partial charge in [-0.3, -0.25) is 4.79 Å². The summed E-state index contributed by atoms with van der Waals surface area (Å²) in [7, 11) is 0. The molecule has 0 spiro atoms. The van der Waals surface area contributed by atoms with E-state index in [0.717, 1.165) is 18.8 Å². The lowest BCUT2D eigenvalue weighted by atomic mass is 10.1. The number of piperidine rings is 1. The number of carbonyl (C=O) groups excluding carboxylic acids is 1. The van der Waals surface area contributed by atoms with E-state index in [9.17, 15) is 4.79 Å². The summed E-state index contributed by atoms with van der Waals surface area (Å²) in [6.07, 6.45) is 9.00. The molecule has 4 heteroatoms. The summed E-state index contributed by atoms with van der Waals surface area (Å²) < 4.78 is 0. The second-order valence-electron chi connectivity index (χ2n) is 5.38. The standard InChI is InChI=1S/C17H23N3O/c1-3-11-18-17(21)14(2)19-15-7-9-16(10-8-15)20-12-5-4-6-13-20/h1,7-10,14,19H,4-6,11-13H2,2H3,(H,18,21). The Balaban J connectivity index is 1.89. The van der Waals surface area contributed by atoms with Gasteiger partial charge in [0.25, 0.3) is 0 Å². The van der Waals surface area contributed by atoms with Crippen LogP contribution in [0.5, 0.6) is 0 Å². The minimum atomic E-state index is -0.306. The number of carbonyl (C=O) groups is 1. The Labute approximate surface area is 126 Å². The predicted molar refractivity (Wildman–Crippen MR) is 87.4 cm³/mol. The van der Waals surface area contributed by atoms with Gasteiger partial charge >= 0.3 is 0 Å². The van der Waals surface area contributed by atoms with Crippen molar-refractivity contribution in [2.45, 2.75) is 32.2 Å². The molecule has 1 aliphatic heterocycles. The van der Waals surface area contributed by atoms with Gasteiger partial charge in [0.1, 0.15) is 6.04 Å². The second-order valence-corrected chi connectivity index (χ2v) is 5.38. The van der Waals surface area contributed by atoms with Gasteiger partial charge in [-0.2, -0.15) is 0 Å². The molecule has 1 atom stereocenters. The summed E-state index contributed by atoms with van der Waals surface area (Å²) in [4.78, 5) is 14.2. The Morgan fingerprint density at radius 2 is 1.95 bits per heavy atom. The molecule has 21 heavy (non-hydrogen) atoms. The molecule has 0 saturated carbocycles. The number of terminal acetylenes is 1. The fraction of sp³-hybridized carbons (Fsp3) is 0.471. The zero-order valence-electron chi connectivity index (χ0n) is 12.6. The first-order valence-electron chi connectivity index (χ1n) is 7.53. The Hall–Kier alpha value is -2.15. The zero-order chi connectivity index (χ0) is 15.1. The van der Waals surface area contributed by atoms with Gasteiger partial charge in [0, 0.05) is 24.5 Å². The van der Waals surface area contributed by atoms with Gasteiger partial charge in [-0.1, -0.05) is 5.92 Å². The summed E-state index contributed by atoms with van der Waals surface area (Å²) in [5.74, 6) is 2.31. The smallest absolute Gasteiger partial charge is 0.242 e. The topological polar surface area (TPSA) is 44.4 Å². The van der Waals surface area contributed by atoms with Crippen molar-refractivity contribution in [1.29, 1.82) is 0 Å². The molecule has 2 N–H and O–H groups in total. The van der Waals surface area contributed by atoms with Crippen molar-refractivity contribution in [2.75, 3.05) is 29.9 Å². The Morgan fingerprint density at radius 1 is 1.29 bits per heavy atom. The quantitative estimate of drug-likeness (QED) is 0.815. The first-order valence-corrected chi connectivity index (χ1v) is 7.53. The van der Waals surface area contributed by atoms with Crippen LogP contribution in [0.15, 0.2) is 24.3 Å². The highest BCUT2D eigenvalue weighted by Crippen LogP contribution is 2.22. The van der Waals surface area contributed by atoms with Crippen LogP contribution in [0, 0.1) is 12.3 Å². The number of anilines is 2. The Bertz CT molecular complexity index is 498. The van der Waals surface area contributed by atoms with Crippen molar-refractivity contribution in [1.82, 2.24) is 5.32 Å². The molecule has 1 aromatic rings. The van der Waals surface area contributed by atoms with Crippen LogP contribution in [0.2, 0.25) is 0 Å². The molecular weight excluding hydrogens is 262 g/mol. The van der Waals surface area contributed by atoms with E-state index in [1.54, 1.807) is 0 Å². The fourth-order valence-electron chi connectivity index (χ4n) is 2.53. The lowest BCUT2D eigenvalue weighted by Gasteiger charge is -2.29. The fourth-order valence-corrected chi connectivity index (χ4v) is 2.53. The molecule has 1 aromatic carbocycles. The van der Waals surface area contributed by atoms with Gasteiger partial charge < -0.3 is 15.5 Å². The van der Waals surface area contributed by atoms with Crippen molar-refractivity contribution in [3.05, 3.63) is 24.3 Å². The van der Waals surface area contributed by atoms with E-state index in [2.05, 4.69) is 33.6 Å². The molecule has 0 radical (unpaired) electrons. The van der Waals surface area contributed by atoms with E-state index >= 15 is 0 Å². The van der Waals surface area contributed by atoms with Crippen molar-refractivity contribution >= 4 is 17.3 Å². The van der Waals surface area contributed by atoms with E-state index in [1.807, 2.05) is 19.1 Å². The molecule has 2 rings (SSSR count). The second kappa shape index (κ2) is 7.58. The zero-order valence-corrected chi connectivity index (χ0v) is 12.6. The molecular formula is C17H23N3O. The third kappa shape index (κ3) is 4.42. The molecule has 1 unspecified atom stereocenters. The number of hydrogen-bond acceptors (Lipinski definition) is 3. The molecule has 0 aromatic heterocycles. The molecule has 1 fully saturated rings. The Kier molecular flexibility index (Phi) is 5.51. The lowest BCUT2D eigenvalue weighted by molar-refractivity contribution is -0.121. The van der Waals surface area contributed by atoms with Crippen molar-refractivity contribution < 1.29 is 4.79 Å². The van der Waals surface area contributed by atoms with Crippen LogP contribution in [-0.4, -0.2) is 31.6 Å². The lowest BCUT2D eigenvalue weighted by Crippen LogP contribution is -2.37. The number of rotatable bonds is 5. The normalized spacial score (nSPS) is 15.9. The van der Waals surface area contributed by atoms with E-state index in [1.165, 1.54) is 24.9 Å². The van der Waals surface area contributed by atoms with Gasteiger partial charge in [0.2, 0.25) is 5.91 Å². The molecule has 1 amide bonds. The van der Waals surface area contributed by atoms with E-state index in [4.69, 9.17) is 6.42 Å². The van der Waals surface area contributed by atoms with Gasteiger partial charge in [-0.15, -0.1) is 6.42 Å². The maximum atomic E-state index is 11.7. The molecule has 1 aliphatic rings. The summed E-state index contributed by atoms with van der Waals surface area (Å²) in [5.41, 5.74) is 2.20. The minimum absolute atomic E-state index is 0.0898. The van der Waals surface area contributed by atoms with Crippen molar-refractivity contribution in [3.63, 3.8) is 0 Å². The van der Waals surface area contributed by atoms with E-state index in [-0.39, 0.29) is 18.5 Å². The maximum Gasteiger partial charge on any atom is 0.242 e. The summed E-state index contributed by atoms with van der Waals surface area (Å²) in [6, 6.07) is 7.96. The van der Waals surface area contributed by atoms with Gasteiger partial charge in [-0.05, 0) is 50.5 Å². The first-order chi connectivity index (χ1) is 10.2. The van der Waals surface area contributed by atoms with Crippen molar-refractivity contribution in [2.24, 2.45) is 0 Å². The molecule has 1 saturated heterocycles. The van der Waals surface area contributed by atoms with Crippen molar-refractivity contribution in [3.8, 4) is 12.3 Å². The molecule has 0 aliphatic carbocycles. The van der Waals surface area contributed by atoms with Crippen LogP contribution >= 0.6 is 0 Å². The molecule has 0 bridgehead atoms. The average Bonchev–Trinajstić information content (AvgIpc) is 2.54. The number of nitrogens with one attached hydrogen (secondary N) is 2. The summed E-state index contributed by atoms with van der Waals surface area (Å²) in [5, 5.41) is 5.85. The summed E-state index contributed by atoms with van der Waals surface area (Å²) >= 11 is 0. The van der Waals surface area contributed by atoms with Crippen LogP contribution in [0.1, 0.15) is 26.2 Å². The van der Waals surface area contributed by atoms with Crippen LogP contribution in [0.3, 0.4) is 0 Å². The molecule has 1 heterocycles. The molecule has 4 nitrogen and oxygen atoms in total. The number of benzene rings is 1. The average molecular weight is 285 g/mol. The number of hydrogen-bond donors (Lipinski definition) is 2. The Morgan fingerprint density at radius 3 is 2.57 bits per heavy atom. The van der Waals surface area contributed by atoms with Crippen LogP contribution < -0.4 is 15.5 Å². The van der Waals surface area contributed by atoms with Gasteiger partial charge in [0.15, 0.2) is 0 Å². The third-order valence-electron chi connectivity index (χ3n) is 3.73. The number of nitrogens with zero attached hydrogens (tertiary/aromatic N) is 1. The SMILES string of the molecule is C#CCNC(=O)C(C)Nc1ccc(N2CCCCC2)cc1. The monoisotopic (exact) mass is 285 g/mol. The number of amides is 1. The predicted octanol–water partition coefficient (Wildman–Crippen LogP) is 2.23. The third-order valence-corrected chi connectivity index (χ3v) is 3.73. The van der Waals surface area contributed by atoms with Crippen LogP contribution in [0.25, 0.3) is 0 Å². The highest BCUT2D eigenvalue weighted by Gasteiger charge is 2.13. The highest BCUT2D eigenvalue weighted by atomic mass is 16.2. The van der Waals surface area contributed by atoms with Crippen LogP contribution in [0.4, 0.5) is 11.4 Å². The molecule has 112 valence electrons. The maximum absolute atomic E-state index is 11.7. The van der Waals surface area contributed by atoms with Crippen LogP contribution in [-0.2, 0) is 4.79 Å². The van der Waals surface area contributed by atoms with E-state index < -0.39 is 0 Å². The summed E-state index contributed by atoms with van der Waals surface area (Å²) in [6.45, 7) is 4.36. The van der Waals surface area contributed by atoms with E-state index in [0.29, 0.717) is 0 Å². The van der Waals surface area contributed by atoms with Gasteiger partial charge in [-0.25, -0.2) is 0 Å². The largest absolute Gasteiger partial charge is 0.374 e. The first kappa shape index (κ1) is 15.2. The van der Waals surface area contributed by atoms with Gasteiger partial charge in [0.05, 0.1) is 6.54 Å².